The van der Waals surface area contributed by atoms with E-state index in [2.05, 4.69) is 34.4 Å². The monoisotopic (exact) mass is 404 g/mol. The third kappa shape index (κ3) is 4.11. The normalized spacial score (nSPS) is 22.6. The van der Waals surface area contributed by atoms with Crippen molar-refractivity contribution >= 4 is 29.2 Å². The van der Waals surface area contributed by atoms with Crippen LogP contribution in [0.25, 0.3) is 0 Å². The molecule has 4 rings (SSSR count). The smallest absolute Gasteiger partial charge is 0.160 e. The van der Waals surface area contributed by atoms with Crippen LogP contribution in [0.3, 0.4) is 0 Å². The molecule has 1 saturated heterocycles. The van der Waals surface area contributed by atoms with Crippen LogP contribution in [-0.4, -0.2) is 43.2 Å². The average Bonchev–Trinajstić information content (AvgIpc) is 3.02. The lowest BCUT2D eigenvalue weighted by molar-refractivity contribution is 0.173. The maximum atomic E-state index is 13.7. The van der Waals surface area contributed by atoms with Crippen LogP contribution in [-0.2, 0) is 0 Å². The van der Waals surface area contributed by atoms with Gasteiger partial charge in [-0.15, -0.1) is 0 Å². The minimum absolute atomic E-state index is 0.523. The van der Waals surface area contributed by atoms with E-state index in [0.717, 1.165) is 44.0 Å². The second-order valence-electron chi connectivity index (χ2n) is 7.65. The zero-order valence-corrected chi connectivity index (χ0v) is 17.1. The molecule has 1 fully saturated rings. The quantitative estimate of drug-likeness (QED) is 0.736. The summed E-state index contributed by atoms with van der Waals surface area (Å²) in [5.74, 6) is -1.64. The van der Waals surface area contributed by atoms with Gasteiger partial charge in [-0.05, 0) is 51.1 Å². The Bertz CT molecular complexity index is 824. The minimum Gasteiger partial charge on any atom is -0.309 e. The van der Waals surface area contributed by atoms with Crippen molar-refractivity contribution in [3.63, 3.8) is 0 Å². The Morgan fingerprint density at radius 3 is 2.39 bits per heavy atom. The SMILES string of the molecule is CC1CN(CCCN2SN(c3ccc(F)c(F)c3)c3ccccc32)CC(C)N1. The van der Waals surface area contributed by atoms with Gasteiger partial charge in [-0.2, -0.15) is 0 Å². The molecule has 0 aliphatic carbocycles. The molecule has 4 nitrogen and oxygen atoms in total. The fourth-order valence-electron chi connectivity index (χ4n) is 4.05. The van der Waals surface area contributed by atoms with E-state index in [1.54, 1.807) is 18.2 Å². The summed E-state index contributed by atoms with van der Waals surface area (Å²) in [5.41, 5.74) is 2.76. The molecule has 2 aliphatic rings. The predicted octanol–water partition coefficient (Wildman–Crippen LogP) is 4.56. The third-order valence-electron chi connectivity index (χ3n) is 5.16. The number of nitrogens with one attached hydrogen (secondary N) is 1. The van der Waals surface area contributed by atoms with Gasteiger partial charge in [0, 0.05) is 37.8 Å². The highest BCUT2D eigenvalue weighted by Gasteiger charge is 2.29. The third-order valence-corrected chi connectivity index (χ3v) is 6.30. The van der Waals surface area contributed by atoms with Crippen molar-refractivity contribution in [2.24, 2.45) is 0 Å². The first kappa shape index (κ1) is 19.5. The van der Waals surface area contributed by atoms with Crippen LogP contribution in [0.15, 0.2) is 42.5 Å². The average molecular weight is 405 g/mol. The standard InChI is InChI=1S/C21H26F2N4S/c1-15-13-25(14-16(2)24-15)10-5-11-26-20-6-3-4-7-21(20)27(28-26)17-8-9-18(22)19(23)12-17/h3-4,6-9,12,15-16,24H,5,10-11,13-14H2,1-2H3. The number of piperazine rings is 1. The topological polar surface area (TPSA) is 21.8 Å². The molecule has 0 spiro atoms. The Kier molecular flexibility index (Phi) is 5.75. The largest absolute Gasteiger partial charge is 0.309 e. The summed E-state index contributed by atoms with van der Waals surface area (Å²) in [7, 11) is 0. The summed E-state index contributed by atoms with van der Waals surface area (Å²) in [4.78, 5) is 2.52. The number of halogens is 2. The van der Waals surface area contributed by atoms with Gasteiger partial charge in [0.15, 0.2) is 11.6 Å². The van der Waals surface area contributed by atoms with Crippen LogP contribution < -0.4 is 13.9 Å². The van der Waals surface area contributed by atoms with Gasteiger partial charge in [0.1, 0.15) is 0 Å². The molecule has 1 N–H and O–H groups in total. The van der Waals surface area contributed by atoms with Crippen LogP contribution >= 0.6 is 12.1 Å². The van der Waals surface area contributed by atoms with E-state index in [4.69, 9.17) is 0 Å². The molecule has 2 atom stereocenters. The number of para-hydroxylation sites is 2. The molecule has 0 radical (unpaired) electrons. The van der Waals surface area contributed by atoms with Crippen LogP contribution in [0.5, 0.6) is 0 Å². The molecule has 2 heterocycles. The van der Waals surface area contributed by atoms with Crippen molar-refractivity contribution in [2.75, 3.05) is 34.8 Å². The number of nitrogens with zero attached hydrogens (tertiary/aromatic N) is 3. The van der Waals surface area contributed by atoms with Gasteiger partial charge >= 0.3 is 0 Å². The lowest BCUT2D eigenvalue weighted by Crippen LogP contribution is -2.54. The summed E-state index contributed by atoms with van der Waals surface area (Å²) in [6, 6.07) is 13.2. The Hall–Kier alpha value is -1.83. The van der Waals surface area contributed by atoms with Crippen LogP contribution in [0.1, 0.15) is 20.3 Å². The van der Waals surface area contributed by atoms with Gasteiger partial charge in [-0.1, -0.05) is 12.1 Å². The number of benzene rings is 2. The minimum atomic E-state index is -0.823. The first-order valence-electron chi connectivity index (χ1n) is 9.79. The number of fused-ring (bicyclic) bond motifs is 1. The zero-order chi connectivity index (χ0) is 19.7. The fraction of sp³-hybridized carbons (Fsp3) is 0.429. The predicted molar refractivity (Wildman–Crippen MR) is 113 cm³/mol. The highest BCUT2D eigenvalue weighted by molar-refractivity contribution is 8.02. The van der Waals surface area contributed by atoms with E-state index in [-0.39, 0.29) is 0 Å². The van der Waals surface area contributed by atoms with Crippen LogP contribution in [0.2, 0.25) is 0 Å². The lowest BCUT2D eigenvalue weighted by atomic mass is 10.1. The van der Waals surface area contributed by atoms with Crippen molar-refractivity contribution in [2.45, 2.75) is 32.4 Å². The van der Waals surface area contributed by atoms with Gasteiger partial charge in [-0.25, -0.2) is 8.78 Å². The van der Waals surface area contributed by atoms with Crippen LogP contribution in [0.4, 0.5) is 25.8 Å². The molecule has 0 saturated carbocycles. The number of hydrogen-bond donors (Lipinski definition) is 1. The van der Waals surface area contributed by atoms with Crippen molar-refractivity contribution in [1.29, 1.82) is 0 Å². The Balaban J connectivity index is 1.43. The molecule has 2 aliphatic heterocycles. The highest BCUT2D eigenvalue weighted by atomic mass is 32.2. The molecule has 2 unspecified atom stereocenters. The molecular weight excluding hydrogens is 378 g/mol. The molecule has 150 valence electrons. The number of hydrogen-bond acceptors (Lipinski definition) is 5. The highest BCUT2D eigenvalue weighted by Crippen LogP contribution is 2.48. The van der Waals surface area contributed by atoms with Crippen LogP contribution in [0, 0.1) is 11.6 Å². The summed E-state index contributed by atoms with van der Waals surface area (Å²) in [6.07, 6.45) is 1.05. The maximum absolute atomic E-state index is 13.7. The van der Waals surface area contributed by atoms with Gasteiger partial charge < -0.3 is 10.2 Å². The van der Waals surface area contributed by atoms with E-state index >= 15 is 0 Å². The first-order valence-corrected chi connectivity index (χ1v) is 10.5. The number of rotatable bonds is 5. The summed E-state index contributed by atoms with van der Waals surface area (Å²) >= 11 is 1.54. The molecule has 28 heavy (non-hydrogen) atoms. The van der Waals surface area contributed by atoms with Crippen molar-refractivity contribution < 1.29 is 8.78 Å². The van der Waals surface area contributed by atoms with E-state index in [1.807, 2.05) is 22.5 Å². The second-order valence-corrected chi connectivity index (χ2v) is 8.62. The lowest BCUT2D eigenvalue weighted by Gasteiger charge is -2.36. The van der Waals surface area contributed by atoms with E-state index < -0.39 is 11.6 Å². The molecule has 2 aromatic rings. The van der Waals surface area contributed by atoms with E-state index in [0.29, 0.717) is 17.8 Å². The fourth-order valence-corrected chi connectivity index (χ4v) is 5.15. The van der Waals surface area contributed by atoms with Gasteiger partial charge in [0.2, 0.25) is 0 Å². The Labute approximate surface area is 169 Å². The van der Waals surface area contributed by atoms with Crippen molar-refractivity contribution in [3.8, 4) is 0 Å². The summed E-state index contributed by atoms with van der Waals surface area (Å²) in [5, 5.41) is 3.57. The molecule has 0 bridgehead atoms. The summed E-state index contributed by atoms with van der Waals surface area (Å²) < 4.78 is 31.3. The molecular formula is C21H26F2N4S. The van der Waals surface area contributed by atoms with E-state index in [9.17, 15) is 8.78 Å². The molecule has 0 amide bonds. The van der Waals surface area contributed by atoms with Crippen molar-refractivity contribution in [3.05, 3.63) is 54.1 Å². The van der Waals surface area contributed by atoms with Gasteiger partial charge in [0.25, 0.3) is 0 Å². The van der Waals surface area contributed by atoms with Crippen molar-refractivity contribution in [1.82, 2.24) is 10.2 Å². The summed E-state index contributed by atoms with van der Waals surface area (Å²) in [6.45, 7) is 8.57. The van der Waals surface area contributed by atoms with Gasteiger partial charge in [0.05, 0.1) is 29.2 Å². The van der Waals surface area contributed by atoms with Gasteiger partial charge in [-0.3, -0.25) is 8.61 Å². The Morgan fingerprint density at radius 2 is 1.68 bits per heavy atom. The zero-order valence-electron chi connectivity index (χ0n) is 16.2. The first-order chi connectivity index (χ1) is 13.5. The Morgan fingerprint density at radius 1 is 0.964 bits per heavy atom. The number of anilines is 3. The molecule has 2 aromatic carbocycles. The molecule has 7 heteroatoms. The van der Waals surface area contributed by atoms with E-state index in [1.165, 1.54) is 12.1 Å². The second kappa shape index (κ2) is 8.27. The maximum Gasteiger partial charge on any atom is 0.160 e. The molecule has 0 aromatic heterocycles.